The highest BCUT2D eigenvalue weighted by molar-refractivity contribution is 7.09. The summed E-state index contributed by atoms with van der Waals surface area (Å²) >= 11 is 1.59. The molecule has 0 aliphatic carbocycles. The summed E-state index contributed by atoms with van der Waals surface area (Å²) in [5.41, 5.74) is 1.75. The van der Waals surface area contributed by atoms with Crippen molar-refractivity contribution in [1.82, 2.24) is 10.3 Å². The summed E-state index contributed by atoms with van der Waals surface area (Å²) < 4.78 is 0. The van der Waals surface area contributed by atoms with E-state index in [2.05, 4.69) is 10.3 Å². The number of nitro groups is 1. The minimum Gasteiger partial charge on any atom is -0.304 e. The Hall–Kier alpha value is -1.79. The zero-order chi connectivity index (χ0) is 13.8. The van der Waals surface area contributed by atoms with Crippen LogP contribution in [-0.2, 0) is 6.54 Å². The van der Waals surface area contributed by atoms with Gasteiger partial charge in [-0.25, -0.2) is 4.98 Å². The second kappa shape index (κ2) is 5.90. The zero-order valence-corrected chi connectivity index (χ0v) is 11.6. The molecule has 6 heteroatoms. The van der Waals surface area contributed by atoms with E-state index in [4.69, 9.17) is 0 Å². The van der Waals surface area contributed by atoms with Gasteiger partial charge in [0, 0.05) is 29.8 Å². The van der Waals surface area contributed by atoms with Gasteiger partial charge >= 0.3 is 0 Å². The minimum atomic E-state index is -0.344. The third kappa shape index (κ3) is 3.36. The van der Waals surface area contributed by atoms with Crippen LogP contribution in [0.3, 0.4) is 0 Å². The Kier molecular flexibility index (Phi) is 4.24. The Morgan fingerprint density at radius 1 is 1.53 bits per heavy atom. The number of aryl methyl sites for hydroxylation is 1. The molecule has 0 spiro atoms. The van der Waals surface area contributed by atoms with E-state index in [9.17, 15) is 10.1 Å². The smallest absolute Gasteiger partial charge is 0.272 e. The first-order valence-corrected chi connectivity index (χ1v) is 6.82. The molecule has 0 amide bonds. The van der Waals surface area contributed by atoms with Crippen molar-refractivity contribution in [3.63, 3.8) is 0 Å². The van der Waals surface area contributed by atoms with Crippen LogP contribution in [0.2, 0.25) is 0 Å². The number of nitro benzene ring substituents is 1. The highest BCUT2D eigenvalue weighted by atomic mass is 32.1. The molecule has 1 aromatic heterocycles. The van der Waals surface area contributed by atoms with Crippen LogP contribution in [0.25, 0.3) is 0 Å². The highest BCUT2D eigenvalue weighted by Crippen LogP contribution is 2.20. The Labute approximate surface area is 115 Å². The predicted molar refractivity (Wildman–Crippen MR) is 75.2 cm³/mol. The lowest BCUT2D eigenvalue weighted by Gasteiger charge is -2.11. The van der Waals surface area contributed by atoms with Crippen LogP contribution < -0.4 is 5.32 Å². The van der Waals surface area contributed by atoms with Crippen LogP contribution >= 0.6 is 11.3 Å². The lowest BCUT2D eigenvalue weighted by Crippen LogP contribution is -2.18. The minimum absolute atomic E-state index is 0.139. The highest BCUT2D eigenvalue weighted by Gasteiger charge is 2.12. The Morgan fingerprint density at radius 3 is 2.95 bits per heavy atom. The summed E-state index contributed by atoms with van der Waals surface area (Å²) in [6, 6.07) is 5.45. The summed E-state index contributed by atoms with van der Waals surface area (Å²) in [5, 5.41) is 17.1. The van der Waals surface area contributed by atoms with E-state index in [-0.39, 0.29) is 16.7 Å². The van der Waals surface area contributed by atoms with Crippen molar-refractivity contribution >= 4 is 17.0 Å². The van der Waals surface area contributed by atoms with Crippen molar-refractivity contribution in [3.05, 3.63) is 56.0 Å². The molecule has 1 unspecified atom stereocenters. The van der Waals surface area contributed by atoms with Crippen molar-refractivity contribution in [3.8, 4) is 0 Å². The van der Waals surface area contributed by atoms with Crippen molar-refractivity contribution in [2.24, 2.45) is 0 Å². The normalized spacial score (nSPS) is 12.3. The molecule has 1 N–H and O–H groups in total. The molecule has 19 heavy (non-hydrogen) atoms. The van der Waals surface area contributed by atoms with Crippen LogP contribution in [0, 0.1) is 17.0 Å². The molecule has 100 valence electrons. The van der Waals surface area contributed by atoms with Crippen molar-refractivity contribution in [2.75, 3.05) is 0 Å². The van der Waals surface area contributed by atoms with Gasteiger partial charge < -0.3 is 5.32 Å². The fourth-order valence-electron chi connectivity index (χ4n) is 1.77. The summed E-state index contributed by atoms with van der Waals surface area (Å²) in [5.74, 6) is 0. The Balaban J connectivity index is 2.04. The molecule has 0 radical (unpaired) electrons. The molecule has 2 rings (SSSR count). The second-order valence-corrected chi connectivity index (χ2v) is 5.28. The number of thiazole rings is 1. The van der Waals surface area contributed by atoms with E-state index < -0.39 is 0 Å². The third-order valence-corrected chi connectivity index (χ3v) is 3.86. The van der Waals surface area contributed by atoms with Gasteiger partial charge in [0.15, 0.2) is 0 Å². The van der Waals surface area contributed by atoms with E-state index in [1.165, 1.54) is 0 Å². The fourth-order valence-corrected chi connectivity index (χ4v) is 2.44. The molecule has 1 heterocycles. The molecule has 1 aromatic carbocycles. The van der Waals surface area contributed by atoms with Crippen molar-refractivity contribution in [1.29, 1.82) is 0 Å². The van der Waals surface area contributed by atoms with Gasteiger partial charge in [0.1, 0.15) is 5.01 Å². The van der Waals surface area contributed by atoms with Crippen molar-refractivity contribution in [2.45, 2.75) is 26.4 Å². The average molecular weight is 277 g/mol. The van der Waals surface area contributed by atoms with Crippen LogP contribution in [0.1, 0.15) is 29.1 Å². The number of nitrogens with zero attached hydrogens (tertiary/aromatic N) is 2. The number of aromatic nitrogens is 1. The molecule has 5 nitrogen and oxygen atoms in total. The molecule has 2 aromatic rings. The SMILES string of the molecule is Cc1ccc(CNC(C)c2nccs2)cc1[N+](=O)[O-]. The zero-order valence-electron chi connectivity index (χ0n) is 10.8. The summed E-state index contributed by atoms with van der Waals surface area (Å²) in [6.45, 7) is 4.36. The van der Waals surface area contributed by atoms with Gasteiger partial charge in [-0.2, -0.15) is 0 Å². The molecular formula is C13H15N3O2S. The third-order valence-electron chi connectivity index (χ3n) is 2.90. The molecule has 0 saturated carbocycles. The van der Waals surface area contributed by atoms with Gasteiger partial charge in [-0.3, -0.25) is 10.1 Å². The maximum Gasteiger partial charge on any atom is 0.272 e. The second-order valence-electron chi connectivity index (χ2n) is 4.35. The molecule has 0 fully saturated rings. The lowest BCUT2D eigenvalue weighted by atomic mass is 10.1. The standard InChI is InChI=1S/C13H15N3O2S/c1-9-3-4-11(7-12(9)16(17)18)8-15-10(2)13-14-5-6-19-13/h3-7,10,15H,8H2,1-2H3. The predicted octanol–water partition coefficient (Wildman–Crippen LogP) is 3.21. The molecule has 1 atom stereocenters. The number of nitrogens with one attached hydrogen (secondary N) is 1. The maximum absolute atomic E-state index is 10.9. The quantitative estimate of drug-likeness (QED) is 0.673. The van der Waals surface area contributed by atoms with Crippen LogP contribution in [-0.4, -0.2) is 9.91 Å². The van der Waals surface area contributed by atoms with E-state index in [0.717, 1.165) is 10.6 Å². The average Bonchev–Trinajstić information content (AvgIpc) is 2.91. The van der Waals surface area contributed by atoms with Crippen LogP contribution in [0.4, 0.5) is 5.69 Å². The summed E-state index contributed by atoms with van der Waals surface area (Å²) in [6.07, 6.45) is 1.77. The molecule has 0 aliphatic rings. The molecule has 0 bridgehead atoms. The first kappa shape index (κ1) is 13.6. The van der Waals surface area contributed by atoms with E-state index >= 15 is 0 Å². The van der Waals surface area contributed by atoms with Gasteiger partial charge in [-0.1, -0.05) is 12.1 Å². The number of rotatable bonds is 5. The largest absolute Gasteiger partial charge is 0.304 e. The van der Waals surface area contributed by atoms with E-state index in [0.29, 0.717) is 12.1 Å². The van der Waals surface area contributed by atoms with Crippen LogP contribution in [0.15, 0.2) is 29.8 Å². The molecule has 0 saturated heterocycles. The van der Waals surface area contributed by atoms with Crippen molar-refractivity contribution < 1.29 is 4.92 Å². The Bertz CT molecular complexity index is 569. The maximum atomic E-state index is 10.9. The van der Waals surface area contributed by atoms with Crippen LogP contribution in [0.5, 0.6) is 0 Å². The first-order valence-electron chi connectivity index (χ1n) is 5.94. The number of benzene rings is 1. The van der Waals surface area contributed by atoms with E-state index in [1.807, 2.05) is 18.4 Å². The topological polar surface area (TPSA) is 68.1 Å². The van der Waals surface area contributed by atoms with E-state index in [1.54, 1.807) is 36.6 Å². The van der Waals surface area contributed by atoms with Gasteiger partial charge in [0.25, 0.3) is 5.69 Å². The monoisotopic (exact) mass is 277 g/mol. The number of hydrogen-bond donors (Lipinski definition) is 1. The fraction of sp³-hybridized carbons (Fsp3) is 0.308. The van der Waals surface area contributed by atoms with Gasteiger partial charge in [0.05, 0.1) is 11.0 Å². The summed E-state index contributed by atoms with van der Waals surface area (Å²) in [4.78, 5) is 14.8. The first-order chi connectivity index (χ1) is 9.08. The molecular weight excluding hydrogens is 262 g/mol. The van der Waals surface area contributed by atoms with Gasteiger partial charge in [-0.05, 0) is 19.4 Å². The molecule has 0 aliphatic heterocycles. The van der Waals surface area contributed by atoms with Gasteiger partial charge in [0.2, 0.25) is 0 Å². The Morgan fingerprint density at radius 2 is 2.32 bits per heavy atom. The summed E-state index contributed by atoms with van der Waals surface area (Å²) in [7, 11) is 0. The lowest BCUT2D eigenvalue weighted by molar-refractivity contribution is -0.385. The van der Waals surface area contributed by atoms with Gasteiger partial charge in [-0.15, -0.1) is 11.3 Å². The number of hydrogen-bond acceptors (Lipinski definition) is 5.